The van der Waals surface area contributed by atoms with Crippen LogP contribution in [0, 0.1) is 0 Å². The lowest BCUT2D eigenvalue weighted by molar-refractivity contribution is 0.737. The maximum absolute atomic E-state index is 4.50. The first-order chi connectivity index (χ1) is 7.24. The van der Waals surface area contributed by atoms with Gasteiger partial charge in [-0.15, -0.1) is 0 Å². The smallest absolute Gasteiger partial charge is 0.156 e. The third kappa shape index (κ3) is 2.99. The summed E-state index contributed by atoms with van der Waals surface area (Å²) >= 11 is 1.80. The molecule has 0 radical (unpaired) electrons. The predicted octanol–water partition coefficient (Wildman–Crippen LogP) is 1.04. The Morgan fingerprint density at radius 3 is 3.20 bits per heavy atom. The average Bonchev–Trinajstić information content (AvgIpc) is 2.76. The molecule has 82 valence electrons. The molecule has 1 fully saturated rings. The van der Waals surface area contributed by atoms with Crippen molar-refractivity contribution in [3.63, 3.8) is 0 Å². The molecule has 0 amide bonds. The first kappa shape index (κ1) is 10.5. The average molecular weight is 224 g/mol. The van der Waals surface area contributed by atoms with Crippen molar-refractivity contribution < 1.29 is 0 Å². The second-order valence-electron chi connectivity index (χ2n) is 3.77. The highest BCUT2D eigenvalue weighted by atomic mass is 32.2. The summed E-state index contributed by atoms with van der Waals surface area (Å²) in [6.45, 7) is 2.99. The molecule has 1 unspecified atom stereocenters. The van der Waals surface area contributed by atoms with Gasteiger partial charge in [-0.3, -0.25) is 9.67 Å². The zero-order valence-electron chi connectivity index (χ0n) is 9.10. The number of nitrogens with zero attached hydrogens (tertiary/aromatic N) is 3. The first-order valence-electron chi connectivity index (χ1n) is 5.16. The van der Waals surface area contributed by atoms with Gasteiger partial charge >= 0.3 is 0 Å². The second kappa shape index (κ2) is 4.70. The molecule has 0 aromatic carbocycles. The second-order valence-corrected chi connectivity index (χ2v) is 4.78. The van der Waals surface area contributed by atoms with Crippen LogP contribution >= 0.6 is 11.8 Å². The fraction of sp³-hybridized carbons (Fsp3) is 0.600. The molecule has 4 nitrogen and oxygen atoms in total. The van der Waals surface area contributed by atoms with Crippen LogP contribution in [0.15, 0.2) is 17.3 Å². The van der Waals surface area contributed by atoms with E-state index in [1.54, 1.807) is 11.8 Å². The number of amidine groups is 1. The molecule has 2 heterocycles. The van der Waals surface area contributed by atoms with E-state index < -0.39 is 0 Å². The quantitative estimate of drug-likeness (QED) is 0.834. The van der Waals surface area contributed by atoms with Crippen molar-refractivity contribution in [1.82, 2.24) is 15.1 Å². The summed E-state index contributed by atoms with van der Waals surface area (Å²) < 4.78 is 1.83. The minimum Gasteiger partial charge on any atom is -0.362 e. The van der Waals surface area contributed by atoms with Gasteiger partial charge in [0.05, 0.1) is 5.69 Å². The van der Waals surface area contributed by atoms with Crippen LogP contribution in [0.1, 0.15) is 12.6 Å². The fourth-order valence-corrected chi connectivity index (χ4v) is 2.42. The van der Waals surface area contributed by atoms with Crippen LogP contribution in [0.25, 0.3) is 0 Å². The van der Waals surface area contributed by atoms with E-state index in [9.17, 15) is 0 Å². The summed E-state index contributed by atoms with van der Waals surface area (Å²) in [4.78, 5) is 4.50. The summed E-state index contributed by atoms with van der Waals surface area (Å²) in [6, 6.07) is 2.60. The van der Waals surface area contributed by atoms with Gasteiger partial charge in [0.1, 0.15) is 0 Å². The normalized spacial score (nSPS) is 23.3. The van der Waals surface area contributed by atoms with Crippen molar-refractivity contribution in [3.8, 4) is 0 Å². The summed E-state index contributed by atoms with van der Waals surface area (Å²) in [6.07, 6.45) is 2.88. The number of aromatic nitrogens is 2. The number of aryl methyl sites for hydroxylation is 1. The van der Waals surface area contributed by atoms with Gasteiger partial charge in [-0.05, 0) is 13.0 Å². The van der Waals surface area contributed by atoms with Crippen LogP contribution in [0.4, 0.5) is 0 Å². The third-order valence-electron chi connectivity index (χ3n) is 2.23. The molecule has 1 aromatic rings. The Morgan fingerprint density at radius 2 is 2.60 bits per heavy atom. The van der Waals surface area contributed by atoms with Crippen LogP contribution in [-0.2, 0) is 13.5 Å². The van der Waals surface area contributed by atoms with Gasteiger partial charge in [-0.25, -0.2) is 0 Å². The largest absolute Gasteiger partial charge is 0.362 e. The molecule has 0 bridgehead atoms. The SMILES string of the molecule is CC1CSC(=NCCc2ccn(C)n2)N1. The highest BCUT2D eigenvalue weighted by Crippen LogP contribution is 2.12. The van der Waals surface area contributed by atoms with Gasteiger partial charge in [0.15, 0.2) is 5.17 Å². The number of hydrogen-bond acceptors (Lipinski definition) is 3. The molecule has 15 heavy (non-hydrogen) atoms. The molecule has 0 spiro atoms. The molecule has 1 aliphatic rings. The van der Waals surface area contributed by atoms with Gasteiger partial charge < -0.3 is 5.32 Å². The number of nitrogens with one attached hydrogen (secondary N) is 1. The molecule has 1 atom stereocenters. The maximum Gasteiger partial charge on any atom is 0.156 e. The van der Waals surface area contributed by atoms with Crippen molar-refractivity contribution in [1.29, 1.82) is 0 Å². The van der Waals surface area contributed by atoms with Crippen molar-refractivity contribution in [2.45, 2.75) is 19.4 Å². The lowest BCUT2D eigenvalue weighted by Gasteiger charge is -2.00. The van der Waals surface area contributed by atoms with Gasteiger partial charge in [0.25, 0.3) is 0 Å². The Hall–Kier alpha value is -0.970. The molecular formula is C10H16N4S. The summed E-state index contributed by atoms with van der Waals surface area (Å²) in [7, 11) is 1.94. The van der Waals surface area contributed by atoms with E-state index in [0.717, 1.165) is 29.6 Å². The summed E-state index contributed by atoms with van der Waals surface area (Å²) in [5.41, 5.74) is 1.11. The highest BCUT2D eigenvalue weighted by Gasteiger charge is 2.14. The monoisotopic (exact) mass is 224 g/mol. The van der Waals surface area contributed by atoms with E-state index in [1.807, 2.05) is 24.0 Å². The summed E-state index contributed by atoms with van der Waals surface area (Å²) in [5.74, 6) is 1.13. The van der Waals surface area contributed by atoms with E-state index in [1.165, 1.54) is 0 Å². The molecule has 1 aliphatic heterocycles. The van der Waals surface area contributed by atoms with Crippen LogP contribution in [0.3, 0.4) is 0 Å². The van der Waals surface area contributed by atoms with Crippen molar-refractivity contribution in [3.05, 3.63) is 18.0 Å². The number of aliphatic imine (C=N–C) groups is 1. The van der Waals surface area contributed by atoms with Gasteiger partial charge in [-0.2, -0.15) is 5.10 Å². The molecule has 1 aromatic heterocycles. The first-order valence-corrected chi connectivity index (χ1v) is 6.15. The fourth-order valence-electron chi connectivity index (χ4n) is 1.46. The van der Waals surface area contributed by atoms with Crippen LogP contribution in [0.5, 0.6) is 0 Å². The highest BCUT2D eigenvalue weighted by molar-refractivity contribution is 8.14. The van der Waals surface area contributed by atoms with Crippen molar-refractivity contribution >= 4 is 16.9 Å². The molecule has 5 heteroatoms. The van der Waals surface area contributed by atoms with Crippen molar-refractivity contribution in [2.24, 2.45) is 12.0 Å². The van der Waals surface area contributed by atoms with Gasteiger partial charge in [0.2, 0.25) is 0 Å². The van der Waals surface area contributed by atoms with Crippen LogP contribution < -0.4 is 5.32 Å². The molecule has 0 saturated carbocycles. The van der Waals surface area contributed by atoms with Crippen LogP contribution in [0.2, 0.25) is 0 Å². The Labute approximate surface area is 94.2 Å². The third-order valence-corrected chi connectivity index (χ3v) is 3.42. The van der Waals surface area contributed by atoms with E-state index in [-0.39, 0.29) is 0 Å². The Morgan fingerprint density at radius 1 is 1.73 bits per heavy atom. The van der Waals surface area contributed by atoms with Gasteiger partial charge in [0, 0.05) is 38.0 Å². The Balaban J connectivity index is 1.79. The maximum atomic E-state index is 4.50. The Kier molecular flexibility index (Phi) is 3.30. The van der Waals surface area contributed by atoms with E-state index in [2.05, 4.69) is 22.3 Å². The number of hydrogen-bond donors (Lipinski definition) is 1. The van der Waals surface area contributed by atoms with E-state index in [0.29, 0.717) is 6.04 Å². The van der Waals surface area contributed by atoms with E-state index >= 15 is 0 Å². The predicted molar refractivity (Wildman–Crippen MR) is 64.3 cm³/mol. The topological polar surface area (TPSA) is 42.2 Å². The van der Waals surface area contributed by atoms with Crippen molar-refractivity contribution in [2.75, 3.05) is 12.3 Å². The zero-order valence-corrected chi connectivity index (χ0v) is 9.92. The lowest BCUT2D eigenvalue weighted by atomic mass is 10.3. The number of rotatable bonds is 3. The number of thioether (sulfide) groups is 1. The molecule has 2 rings (SSSR count). The molecule has 1 saturated heterocycles. The zero-order chi connectivity index (χ0) is 10.7. The minimum absolute atomic E-state index is 0.559. The Bertz CT molecular complexity index is 358. The standard InChI is InChI=1S/C10H16N4S/c1-8-7-15-10(12-8)11-5-3-9-4-6-14(2)13-9/h4,6,8H,3,5,7H2,1-2H3,(H,11,12). The lowest BCUT2D eigenvalue weighted by Crippen LogP contribution is -2.23. The van der Waals surface area contributed by atoms with E-state index in [4.69, 9.17) is 0 Å². The minimum atomic E-state index is 0.559. The molecule has 1 N–H and O–H groups in total. The summed E-state index contributed by atoms with van der Waals surface area (Å²) in [5, 5.41) is 8.72. The molecule has 0 aliphatic carbocycles. The van der Waals surface area contributed by atoms with Gasteiger partial charge in [-0.1, -0.05) is 11.8 Å². The van der Waals surface area contributed by atoms with Crippen LogP contribution in [-0.4, -0.2) is 33.3 Å². The molecular weight excluding hydrogens is 208 g/mol.